The third-order valence-corrected chi connectivity index (χ3v) is 2.13. The Balaban J connectivity index is 2.67. The lowest BCUT2D eigenvalue weighted by molar-refractivity contribution is 0.419. The first-order chi connectivity index (χ1) is 7.16. The molecule has 0 spiro atoms. The van der Waals surface area contributed by atoms with E-state index in [1.54, 1.807) is 13.0 Å². The van der Waals surface area contributed by atoms with Crippen LogP contribution in [0.2, 0.25) is 0 Å². The molecule has 0 aliphatic heterocycles. The Morgan fingerprint density at radius 2 is 1.80 bits per heavy atom. The fourth-order valence-corrected chi connectivity index (χ4v) is 1.44. The molecular formula is C12H12N2O. The van der Waals surface area contributed by atoms with Crippen LogP contribution >= 0.6 is 0 Å². The SMILES string of the molecule is CC(O)=Cc1nc2ccccc2nc1C. The zero-order chi connectivity index (χ0) is 10.8. The number of hydrogen-bond acceptors (Lipinski definition) is 3. The van der Waals surface area contributed by atoms with Crippen LogP contribution in [0.3, 0.4) is 0 Å². The van der Waals surface area contributed by atoms with Gasteiger partial charge in [0.1, 0.15) is 0 Å². The number of aliphatic hydroxyl groups excluding tert-OH is 1. The molecule has 1 aromatic heterocycles. The fraction of sp³-hybridized carbons (Fsp3) is 0.167. The summed E-state index contributed by atoms with van der Waals surface area (Å²) >= 11 is 0. The van der Waals surface area contributed by atoms with E-state index in [2.05, 4.69) is 9.97 Å². The molecular weight excluding hydrogens is 188 g/mol. The summed E-state index contributed by atoms with van der Waals surface area (Å²) < 4.78 is 0. The highest BCUT2D eigenvalue weighted by Crippen LogP contribution is 2.13. The molecule has 3 nitrogen and oxygen atoms in total. The van der Waals surface area contributed by atoms with Gasteiger partial charge in [0.15, 0.2) is 0 Å². The second-order valence-corrected chi connectivity index (χ2v) is 3.47. The van der Waals surface area contributed by atoms with Gasteiger partial charge in [-0.25, -0.2) is 9.97 Å². The maximum absolute atomic E-state index is 9.20. The molecule has 1 aromatic carbocycles. The van der Waals surface area contributed by atoms with Crippen LogP contribution in [0.25, 0.3) is 17.1 Å². The van der Waals surface area contributed by atoms with E-state index in [1.807, 2.05) is 31.2 Å². The molecule has 2 rings (SSSR count). The highest BCUT2D eigenvalue weighted by Gasteiger charge is 2.02. The predicted molar refractivity (Wildman–Crippen MR) is 60.6 cm³/mol. The van der Waals surface area contributed by atoms with Gasteiger partial charge in [-0.15, -0.1) is 0 Å². The summed E-state index contributed by atoms with van der Waals surface area (Å²) in [6.07, 6.45) is 1.62. The first-order valence-corrected chi connectivity index (χ1v) is 4.77. The van der Waals surface area contributed by atoms with Crippen molar-refractivity contribution in [1.29, 1.82) is 0 Å². The average Bonchev–Trinajstić information content (AvgIpc) is 2.18. The second kappa shape index (κ2) is 3.69. The van der Waals surface area contributed by atoms with Crippen LogP contribution in [0.1, 0.15) is 18.3 Å². The Morgan fingerprint density at radius 1 is 1.20 bits per heavy atom. The normalized spacial score (nSPS) is 12.0. The lowest BCUT2D eigenvalue weighted by atomic mass is 10.2. The predicted octanol–water partition coefficient (Wildman–Crippen LogP) is 2.86. The summed E-state index contributed by atoms with van der Waals surface area (Å²) in [4.78, 5) is 8.83. The zero-order valence-electron chi connectivity index (χ0n) is 8.73. The summed E-state index contributed by atoms with van der Waals surface area (Å²) in [7, 11) is 0. The maximum Gasteiger partial charge on any atom is 0.0913 e. The van der Waals surface area contributed by atoms with Gasteiger partial charge in [0, 0.05) is 6.08 Å². The van der Waals surface area contributed by atoms with Crippen molar-refractivity contribution in [2.75, 3.05) is 0 Å². The van der Waals surface area contributed by atoms with Crippen LogP contribution in [0.5, 0.6) is 0 Å². The number of fused-ring (bicyclic) bond motifs is 1. The summed E-state index contributed by atoms with van der Waals surface area (Å²) in [5, 5.41) is 9.20. The van der Waals surface area contributed by atoms with E-state index in [-0.39, 0.29) is 5.76 Å². The second-order valence-electron chi connectivity index (χ2n) is 3.47. The lowest BCUT2D eigenvalue weighted by Gasteiger charge is -2.02. The lowest BCUT2D eigenvalue weighted by Crippen LogP contribution is -1.93. The minimum Gasteiger partial charge on any atom is -0.513 e. The van der Waals surface area contributed by atoms with Gasteiger partial charge in [0.05, 0.1) is 28.2 Å². The molecule has 15 heavy (non-hydrogen) atoms. The van der Waals surface area contributed by atoms with Gasteiger partial charge < -0.3 is 5.11 Å². The summed E-state index contributed by atoms with van der Waals surface area (Å²) in [5.74, 6) is 0.239. The van der Waals surface area contributed by atoms with Crippen molar-refractivity contribution in [3.63, 3.8) is 0 Å². The molecule has 0 fully saturated rings. The quantitative estimate of drug-likeness (QED) is 0.720. The molecule has 0 saturated heterocycles. The van der Waals surface area contributed by atoms with Crippen molar-refractivity contribution in [2.45, 2.75) is 13.8 Å². The molecule has 1 N–H and O–H groups in total. The van der Waals surface area contributed by atoms with E-state index in [9.17, 15) is 5.11 Å². The van der Waals surface area contributed by atoms with Crippen LogP contribution < -0.4 is 0 Å². The summed E-state index contributed by atoms with van der Waals surface area (Å²) in [5.41, 5.74) is 3.26. The molecule has 0 amide bonds. The molecule has 76 valence electrons. The Labute approximate surface area is 88.1 Å². The van der Waals surface area contributed by atoms with Crippen LogP contribution in [0.4, 0.5) is 0 Å². The van der Waals surface area contributed by atoms with Gasteiger partial charge >= 0.3 is 0 Å². The average molecular weight is 200 g/mol. The number of benzene rings is 1. The summed E-state index contributed by atoms with van der Waals surface area (Å²) in [6.45, 7) is 3.50. The molecule has 3 heteroatoms. The van der Waals surface area contributed by atoms with Crippen LogP contribution in [-0.2, 0) is 0 Å². The summed E-state index contributed by atoms with van der Waals surface area (Å²) in [6, 6.07) is 7.69. The first-order valence-electron chi connectivity index (χ1n) is 4.77. The fourth-order valence-electron chi connectivity index (χ4n) is 1.44. The number of rotatable bonds is 1. The molecule has 0 bridgehead atoms. The molecule has 0 radical (unpaired) electrons. The Hall–Kier alpha value is -1.90. The molecule has 0 unspecified atom stereocenters. The number of aryl methyl sites for hydroxylation is 1. The molecule has 0 aliphatic carbocycles. The van der Waals surface area contributed by atoms with E-state index in [0.29, 0.717) is 5.69 Å². The van der Waals surface area contributed by atoms with E-state index in [0.717, 1.165) is 16.7 Å². The Morgan fingerprint density at radius 3 is 2.40 bits per heavy atom. The Bertz CT molecular complexity index is 528. The number of hydrogen-bond donors (Lipinski definition) is 1. The van der Waals surface area contributed by atoms with Crippen molar-refractivity contribution in [3.8, 4) is 0 Å². The van der Waals surface area contributed by atoms with Crippen LogP contribution in [0.15, 0.2) is 30.0 Å². The van der Waals surface area contributed by atoms with Crippen molar-refractivity contribution in [2.24, 2.45) is 0 Å². The van der Waals surface area contributed by atoms with Crippen LogP contribution in [-0.4, -0.2) is 15.1 Å². The first kappa shape index (κ1) is 9.65. The standard InChI is InChI=1S/C12H12N2O/c1-8(15)7-12-9(2)13-10-5-3-4-6-11(10)14-12/h3-7,15H,1-2H3. The number of para-hydroxylation sites is 2. The molecule has 0 atom stereocenters. The minimum absolute atomic E-state index is 0.239. The number of aliphatic hydroxyl groups is 1. The Kier molecular flexibility index (Phi) is 2.37. The van der Waals surface area contributed by atoms with Crippen LogP contribution in [0, 0.1) is 6.92 Å². The monoisotopic (exact) mass is 200 g/mol. The van der Waals surface area contributed by atoms with Gasteiger partial charge in [-0.05, 0) is 26.0 Å². The van der Waals surface area contributed by atoms with Gasteiger partial charge in [-0.3, -0.25) is 0 Å². The highest BCUT2D eigenvalue weighted by atomic mass is 16.3. The molecule has 2 aromatic rings. The largest absolute Gasteiger partial charge is 0.513 e. The van der Waals surface area contributed by atoms with Gasteiger partial charge in [-0.1, -0.05) is 12.1 Å². The van der Waals surface area contributed by atoms with Gasteiger partial charge in [0.2, 0.25) is 0 Å². The maximum atomic E-state index is 9.20. The third kappa shape index (κ3) is 1.96. The van der Waals surface area contributed by atoms with E-state index >= 15 is 0 Å². The molecule has 0 aliphatic rings. The zero-order valence-corrected chi connectivity index (χ0v) is 8.73. The van der Waals surface area contributed by atoms with Crippen molar-refractivity contribution in [1.82, 2.24) is 9.97 Å². The number of aromatic nitrogens is 2. The van der Waals surface area contributed by atoms with Crippen molar-refractivity contribution < 1.29 is 5.11 Å². The number of allylic oxidation sites excluding steroid dienone is 1. The number of nitrogens with zero attached hydrogens (tertiary/aromatic N) is 2. The van der Waals surface area contributed by atoms with Crippen molar-refractivity contribution >= 4 is 17.1 Å². The van der Waals surface area contributed by atoms with E-state index < -0.39 is 0 Å². The molecule has 0 saturated carbocycles. The van der Waals surface area contributed by atoms with Gasteiger partial charge in [-0.2, -0.15) is 0 Å². The van der Waals surface area contributed by atoms with Crippen molar-refractivity contribution in [3.05, 3.63) is 41.4 Å². The topological polar surface area (TPSA) is 46.0 Å². The third-order valence-electron chi connectivity index (χ3n) is 2.13. The highest BCUT2D eigenvalue weighted by molar-refractivity contribution is 5.75. The smallest absolute Gasteiger partial charge is 0.0913 e. The van der Waals surface area contributed by atoms with E-state index in [1.165, 1.54) is 0 Å². The van der Waals surface area contributed by atoms with Gasteiger partial charge in [0.25, 0.3) is 0 Å². The molecule has 1 heterocycles. The minimum atomic E-state index is 0.239. The van der Waals surface area contributed by atoms with E-state index in [4.69, 9.17) is 0 Å².